The molecule has 0 aliphatic carbocycles. The Hall–Kier alpha value is -2.99. The van der Waals surface area contributed by atoms with Gasteiger partial charge in [-0.3, -0.25) is 4.79 Å². The molecule has 6 nitrogen and oxygen atoms in total. The van der Waals surface area contributed by atoms with E-state index in [9.17, 15) is 4.79 Å². The number of hydrogen-bond donors (Lipinski definition) is 1. The first-order valence-electron chi connectivity index (χ1n) is 10.8. The molecular weight excluding hydrogens is 426 g/mol. The number of halogens is 1. The van der Waals surface area contributed by atoms with Crippen LogP contribution in [-0.2, 0) is 6.54 Å². The van der Waals surface area contributed by atoms with Crippen LogP contribution in [0.2, 0.25) is 5.15 Å². The van der Waals surface area contributed by atoms with Crippen LogP contribution < -0.4 is 14.8 Å². The van der Waals surface area contributed by atoms with E-state index >= 15 is 0 Å². The summed E-state index contributed by atoms with van der Waals surface area (Å²) in [6.45, 7) is 11.2. The number of rotatable bonds is 9. The number of carbonyl (C=O) groups is 1. The van der Waals surface area contributed by atoms with Crippen LogP contribution in [0.25, 0.3) is 0 Å². The lowest BCUT2D eigenvalue weighted by molar-refractivity contribution is 0.0939. The van der Waals surface area contributed by atoms with Gasteiger partial charge < -0.3 is 14.8 Å². The minimum absolute atomic E-state index is 0.256. The number of benzene rings is 2. The second-order valence-electron chi connectivity index (χ2n) is 7.66. The molecule has 1 amide bonds. The number of hydrogen-bond acceptors (Lipinski definition) is 4. The Balaban J connectivity index is 1.77. The van der Waals surface area contributed by atoms with Gasteiger partial charge in [0.2, 0.25) is 0 Å². The molecular formula is C25H30ClN3O3. The Morgan fingerprint density at radius 1 is 1.06 bits per heavy atom. The Morgan fingerprint density at radius 3 is 2.38 bits per heavy atom. The highest BCUT2D eigenvalue weighted by Gasteiger charge is 2.22. The van der Waals surface area contributed by atoms with Gasteiger partial charge in [0, 0.05) is 0 Å². The fraction of sp³-hybridized carbons (Fsp3) is 0.360. The van der Waals surface area contributed by atoms with Crippen molar-refractivity contribution in [3.8, 4) is 11.5 Å². The van der Waals surface area contributed by atoms with Crippen LogP contribution in [-0.4, -0.2) is 28.9 Å². The van der Waals surface area contributed by atoms with Crippen LogP contribution in [0.1, 0.15) is 59.6 Å². The first kappa shape index (κ1) is 23.7. The minimum Gasteiger partial charge on any atom is -0.490 e. The number of ether oxygens (including phenoxy) is 2. The van der Waals surface area contributed by atoms with Crippen LogP contribution >= 0.6 is 11.6 Å². The third-order valence-corrected chi connectivity index (χ3v) is 5.54. The molecule has 7 heteroatoms. The van der Waals surface area contributed by atoms with Crippen molar-refractivity contribution >= 4 is 17.5 Å². The summed E-state index contributed by atoms with van der Waals surface area (Å²) in [5.41, 5.74) is 4.15. The number of nitrogens with one attached hydrogen (secondary N) is 1. The number of aromatic nitrogens is 2. The summed E-state index contributed by atoms with van der Waals surface area (Å²) in [6, 6.07) is 13.6. The maximum Gasteiger partial charge on any atom is 0.256 e. The van der Waals surface area contributed by atoms with Crippen LogP contribution in [0.15, 0.2) is 42.5 Å². The van der Waals surface area contributed by atoms with E-state index in [2.05, 4.69) is 10.4 Å². The summed E-state index contributed by atoms with van der Waals surface area (Å²) in [7, 11) is 0. The molecule has 3 rings (SSSR count). The summed E-state index contributed by atoms with van der Waals surface area (Å²) in [6.07, 6.45) is 0. The highest BCUT2D eigenvalue weighted by atomic mass is 35.5. The molecule has 0 aliphatic heterocycles. The Kier molecular flexibility index (Phi) is 7.80. The van der Waals surface area contributed by atoms with Crippen molar-refractivity contribution < 1.29 is 14.3 Å². The maximum atomic E-state index is 13.1. The predicted molar refractivity (Wildman–Crippen MR) is 127 cm³/mol. The van der Waals surface area contributed by atoms with Crippen molar-refractivity contribution in [1.29, 1.82) is 0 Å². The minimum atomic E-state index is -0.262. The number of carbonyl (C=O) groups excluding carboxylic acids is 1. The molecule has 1 heterocycles. The highest BCUT2D eigenvalue weighted by molar-refractivity contribution is 6.33. The normalized spacial score (nSPS) is 11.8. The summed E-state index contributed by atoms with van der Waals surface area (Å²) in [5.74, 6) is 1.09. The van der Waals surface area contributed by atoms with Crippen LogP contribution in [0, 0.1) is 13.8 Å². The summed E-state index contributed by atoms with van der Waals surface area (Å²) in [5, 5.41) is 7.84. The zero-order valence-electron chi connectivity index (χ0n) is 19.2. The molecule has 0 fully saturated rings. The van der Waals surface area contributed by atoms with E-state index < -0.39 is 0 Å². The second kappa shape index (κ2) is 10.6. The third-order valence-electron chi connectivity index (χ3n) is 5.16. The molecule has 1 atom stereocenters. The summed E-state index contributed by atoms with van der Waals surface area (Å²) in [4.78, 5) is 13.1. The molecule has 1 unspecified atom stereocenters. The van der Waals surface area contributed by atoms with Gasteiger partial charge in [-0.15, -0.1) is 0 Å². The molecule has 1 N–H and O–H groups in total. The zero-order chi connectivity index (χ0) is 23.3. The first-order valence-corrected chi connectivity index (χ1v) is 11.2. The van der Waals surface area contributed by atoms with Crippen molar-refractivity contribution in [2.75, 3.05) is 13.2 Å². The molecule has 0 spiro atoms. The van der Waals surface area contributed by atoms with Crippen LogP contribution in [0.5, 0.6) is 11.5 Å². The molecule has 0 radical (unpaired) electrons. The van der Waals surface area contributed by atoms with E-state index in [1.54, 1.807) is 11.6 Å². The summed E-state index contributed by atoms with van der Waals surface area (Å²) >= 11 is 6.56. The maximum absolute atomic E-state index is 13.1. The van der Waals surface area contributed by atoms with Crippen molar-refractivity contribution in [3.05, 3.63) is 75.6 Å². The van der Waals surface area contributed by atoms with Gasteiger partial charge in [0.1, 0.15) is 5.15 Å². The smallest absolute Gasteiger partial charge is 0.256 e. The molecule has 0 saturated carbocycles. The lowest BCUT2D eigenvalue weighted by atomic mass is 10.1. The summed E-state index contributed by atoms with van der Waals surface area (Å²) < 4.78 is 13.0. The molecule has 0 bridgehead atoms. The number of aryl methyl sites for hydroxylation is 2. The SMILES string of the molecule is CCOc1ccc(C(C)NC(=O)c2c(C)nn(Cc3ccc(C)cc3)c2Cl)cc1OCC. The van der Waals surface area contributed by atoms with Gasteiger partial charge in [-0.1, -0.05) is 47.5 Å². The number of nitrogens with zero attached hydrogens (tertiary/aromatic N) is 2. The third kappa shape index (κ3) is 5.43. The van der Waals surface area contributed by atoms with Gasteiger partial charge in [-0.25, -0.2) is 4.68 Å². The lowest BCUT2D eigenvalue weighted by Gasteiger charge is -2.17. The van der Waals surface area contributed by atoms with E-state index in [0.29, 0.717) is 47.7 Å². The van der Waals surface area contributed by atoms with Gasteiger partial charge in [0.15, 0.2) is 11.5 Å². The molecule has 0 saturated heterocycles. The van der Waals surface area contributed by atoms with Crippen molar-refractivity contribution in [2.24, 2.45) is 0 Å². The Morgan fingerprint density at radius 2 is 1.72 bits per heavy atom. The molecule has 1 aromatic heterocycles. The van der Waals surface area contributed by atoms with E-state index in [4.69, 9.17) is 21.1 Å². The fourth-order valence-corrected chi connectivity index (χ4v) is 3.79. The molecule has 170 valence electrons. The van der Waals surface area contributed by atoms with Gasteiger partial charge >= 0.3 is 0 Å². The van der Waals surface area contributed by atoms with Gasteiger partial charge in [-0.05, 0) is 57.9 Å². The van der Waals surface area contributed by atoms with Crippen LogP contribution in [0.3, 0.4) is 0 Å². The quantitative estimate of drug-likeness (QED) is 0.463. The van der Waals surface area contributed by atoms with E-state index in [-0.39, 0.29) is 11.9 Å². The first-order chi connectivity index (χ1) is 15.3. The van der Waals surface area contributed by atoms with Crippen molar-refractivity contribution in [2.45, 2.75) is 47.2 Å². The standard InChI is InChI=1S/C25H30ClN3O3/c1-6-31-21-13-12-20(14-22(21)32-7-2)17(4)27-25(30)23-18(5)28-29(24(23)26)15-19-10-8-16(3)9-11-19/h8-14,17H,6-7,15H2,1-5H3,(H,27,30). The largest absolute Gasteiger partial charge is 0.490 e. The molecule has 3 aromatic rings. The lowest BCUT2D eigenvalue weighted by Crippen LogP contribution is -2.27. The Labute approximate surface area is 194 Å². The molecule has 0 aliphatic rings. The van der Waals surface area contributed by atoms with Gasteiger partial charge in [0.05, 0.1) is 37.1 Å². The van der Waals surface area contributed by atoms with Crippen molar-refractivity contribution in [1.82, 2.24) is 15.1 Å². The highest BCUT2D eigenvalue weighted by Crippen LogP contribution is 2.31. The van der Waals surface area contributed by atoms with Crippen LogP contribution in [0.4, 0.5) is 0 Å². The second-order valence-corrected chi connectivity index (χ2v) is 8.02. The number of amides is 1. The monoisotopic (exact) mass is 455 g/mol. The average Bonchev–Trinajstić information content (AvgIpc) is 3.04. The average molecular weight is 456 g/mol. The van der Waals surface area contributed by atoms with Gasteiger partial charge in [-0.2, -0.15) is 5.10 Å². The van der Waals surface area contributed by atoms with Crippen molar-refractivity contribution in [3.63, 3.8) is 0 Å². The molecule has 32 heavy (non-hydrogen) atoms. The topological polar surface area (TPSA) is 65.4 Å². The predicted octanol–water partition coefficient (Wildman–Crippen LogP) is 5.49. The zero-order valence-corrected chi connectivity index (χ0v) is 20.0. The van der Waals surface area contributed by atoms with E-state index in [1.807, 2.05) is 70.2 Å². The fourth-order valence-electron chi connectivity index (χ4n) is 3.47. The van der Waals surface area contributed by atoms with Gasteiger partial charge in [0.25, 0.3) is 5.91 Å². The van der Waals surface area contributed by atoms with E-state index in [1.165, 1.54) is 5.56 Å². The molecule has 2 aromatic carbocycles. The Bertz CT molecular complexity index is 1080. The van der Waals surface area contributed by atoms with E-state index in [0.717, 1.165) is 11.1 Å².